The van der Waals surface area contributed by atoms with Gasteiger partial charge in [0.15, 0.2) is 0 Å². The maximum Gasteiger partial charge on any atom is 0.410 e. The van der Waals surface area contributed by atoms with E-state index in [4.69, 9.17) is 4.74 Å². The SMILES string of the molecule is CC(C)(C)OC(=O)N1CC2(CCCC2Br)C1. The Labute approximate surface area is 106 Å². The van der Waals surface area contributed by atoms with E-state index in [0.29, 0.717) is 10.2 Å². The van der Waals surface area contributed by atoms with Crippen LogP contribution in [0, 0.1) is 5.41 Å². The second kappa shape index (κ2) is 3.90. The molecule has 2 rings (SSSR count). The molecule has 1 aliphatic carbocycles. The highest BCUT2D eigenvalue weighted by Gasteiger charge is 2.52. The average molecular weight is 290 g/mol. The highest BCUT2D eigenvalue weighted by molar-refractivity contribution is 9.09. The molecule has 3 nitrogen and oxygen atoms in total. The summed E-state index contributed by atoms with van der Waals surface area (Å²) in [5.41, 5.74) is -0.0414. The van der Waals surface area contributed by atoms with E-state index in [1.165, 1.54) is 19.3 Å². The van der Waals surface area contributed by atoms with Gasteiger partial charge in [-0.1, -0.05) is 22.4 Å². The molecule has 0 radical (unpaired) electrons. The fourth-order valence-electron chi connectivity index (χ4n) is 2.62. The standard InChI is InChI=1S/C12H20BrNO2/c1-11(2,3)16-10(15)14-7-12(8-14)6-4-5-9(12)13/h9H,4-8H2,1-3H3. The van der Waals surface area contributed by atoms with Gasteiger partial charge >= 0.3 is 6.09 Å². The molecule has 2 fully saturated rings. The fourth-order valence-corrected chi connectivity index (χ4v) is 3.46. The first-order valence-corrected chi connectivity index (χ1v) is 6.86. The number of alkyl halides is 1. The molecule has 92 valence electrons. The van der Waals surface area contributed by atoms with Gasteiger partial charge in [0.1, 0.15) is 5.60 Å². The number of hydrogen-bond donors (Lipinski definition) is 0. The second-order valence-electron chi connectivity index (χ2n) is 6.06. The summed E-state index contributed by atoms with van der Waals surface area (Å²) in [6, 6.07) is 0. The van der Waals surface area contributed by atoms with Gasteiger partial charge in [0.05, 0.1) is 0 Å². The smallest absolute Gasteiger partial charge is 0.410 e. The second-order valence-corrected chi connectivity index (χ2v) is 7.16. The van der Waals surface area contributed by atoms with Crippen LogP contribution >= 0.6 is 15.9 Å². The Balaban J connectivity index is 1.86. The van der Waals surface area contributed by atoms with Crippen molar-refractivity contribution in [2.24, 2.45) is 5.41 Å². The van der Waals surface area contributed by atoms with Crippen molar-refractivity contribution in [2.45, 2.75) is 50.5 Å². The van der Waals surface area contributed by atoms with Crippen molar-refractivity contribution in [1.82, 2.24) is 4.90 Å². The fraction of sp³-hybridized carbons (Fsp3) is 0.917. The molecule has 16 heavy (non-hydrogen) atoms. The summed E-state index contributed by atoms with van der Waals surface area (Å²) in [5, 5.41) is 0. The van der Waals surface area contributed by atoms with Crippen molar-refractivity contribution >= 4 is 22.0 Å². The monoisotopic (exact) mass is 289 g/mol. The number of carbonyl (C=O) groups excluding carboxylic acids is 1. The first-order chi connectivity index (χ1) is 7.32. The minimum atomic E-state index is -0.386. The van der Waals surface area contributed by atoms with E-state index in [1.807, 2.05) is 25.7 Å². The number of likely N-dealkylation sites (tertiary alicyclic amines) is 1. The lowest BCUT2D eigenvalue weighted by molar-refractivity contribution is -0.0294. The summed E-state index contributed by atoms with van der Waals surface area (Å²) >= 11 is 3.73. The molecule has 1 unspecified atom stereocenters. The Morgan fingerprint density at radius 1 is 1.44 bits per heavy atom. The van der Waals surface area contributed by atoms with Gasteiger partial charge in [-0.25, -0.2) is 4.79 Å². The first kappa shape index (κ1) is 12.2. The molecule has 1 saturated heterocycles. The van der Waals surface area contributed by atoms with Gasteiger partial charge in [-0.05, 0) is 33.6 Å². The van der Waals surface area contributed by atoms with Crippen LogP contribution in [0.2, 0.25) is 0 Å². The molecule has 4 heteroatoms. The molecule has 0 aromatic heterocycles. The van der Waals surface area contributed by atoms with E-state index >= 15 is 0 Å². The van der Waals surface area contributed by atoms with Gasteiger partial charge in [-0.2, -0.15) is 0 Å². The van der Waals surface area contributed by atoms with Crippen LogP contribution < -0.4 is 0 Å². The quantitative estimate of drug-likeness (QED) is 0.641. The third kappa shape index (κ3) is 2.22. The summed E-state index contributed by atoms with van der Waals surface area (Å²) < 4.78 is 5.35. The zero-order chi connectivity index (χ0) is 12.0. The van der Waals surface area contributed by atoms with Crippen LogP contribution in [0.3, 0.4) is 0 Å². The molecule has 0 aromatic carbocycles. The van der Waals surface area contributed by atoms with E-state index in [-0.39, 0.29) is 11.7 Å². The van der Waals surface area contributed by atoms with Crippen LogP contribution in [0.25, 0.3) is 0 Å². The van der Waals surface area contributed by atoms with Gasteiger partial charge in [0, 0.05) is 23.3 Å². The molecule has 1 heterocycles. The zero-order valence-corrected chi connectivity index (χ0v) is 11.8. The average Bonchev–Trinajstić information content (AvgIpc) is 2.40. The molecule has 1 amide bonds. The van der Waals surface area contributed by atoms with E-state index in [0.717, 1.165) is 13.1 Å². The number of hydrogen-bond acceptors (Lipinski definition) is 2. The predicted octanol–water partition coefficient (Wildman–Crippen LogP) is 3.17. The Bertz CT molecular complexity index is 292. The van der Waals surface area contributed by atoms with Crippen molar-refractivity contribution in [1.29, 1.82) is 0 Å². The summed E-state index contributed by atoms with van der Waals surface area (Å²) in [5.74, 6) is 0. The molecule has 0 aromatic rings. The largest absolute Gasteiger partial charge is 0.444 e. The Morgan fingerprint density at radius 3 is 2.50 bits per heavy atom. The van der Waals surface area contributed by atoms with Crippen molar-refractivity contribution in [3.05, 3.63) is 0 Å². The Hall–Kier alpha value is -0.250. The van der Waals surface area contributed by atoms with Crippen LogP contribution in [0.15, 0.2) is 0 Å². The van der Waals surface area contributed by atoms with Gasteiger partial charge in [-0.15, -0.1) is 0 Å². The topological polar surface area (TPSA) is 29.5 Å². The maximum atomic E-state index is 11.8. The highest BCUT2D eigenvalue weighted by atomic mass is 79.9. The van der Waals surface area contributed by atoms with Crippen molar-refractivity contribution in [3.8, 4) is 0 Å². The van der Waals surface area contributed by atoms with Gasteiger partial charge in [-0.3, -0.25) is 0 Å². The number of amides is 1. The van der Waals surface area contributed by atoms with E-state index in [2.05, 4.69) is 15.9 Å². The summed E-state index contributed by atoms with van der Waals surface area (Å²) in [4.78, 5) is 14.2. The molecule has 1 atom stereocenters. The van der Waals surface area contributed by atoms with Crippen molar-refractivity contribution < 1.29 is 9.53 Å². The van der Waals surface area contributed by atoms with Crippen LogP contribution in [0.4, 0.5) is 4.79 Å². The molecule has 0 bridgehead atoms. The van der Waals surface area contributed by atoms with Crippen LogP contribution in [0.5, 0.6) is 0 Å². The van der Waals surface area contributed by atoms with Crippen LogP contribution in [0.1, 0.15) is 40.0 Å². The highest BCUT2D eigenvalue weighted by Crippen LogP contribution is 2.49. The molecule has 2 aliphatic rings. The first-order valence-electron chi connectivity index (χ1n) is 5.94. The van der Waals surface area contributed by atoms with E-state index in [1.54, 1.807) is 0 Å². The third-order valence-electron chi connectivity index (χ3n) is 3.46. The molecular formula is C12H20BrNO2. The van der Waals surface area contributed by atoms with E-state index in [9.17, 15) is 4.79 Å². The lowest BCUT2D eigenvalue weighted by Gasteiger charge is -2.50. The minimum absolute atomic E-state index is 0.162. The number of nitrogens with zero attached hydrogens (tertiary/aromatic N) is 1. The van der Waals surface area contributed by atoms with Gasteiger partial charge < -0.3 is 9.64 Å². The van der Waals surface area contributed by atoms with Crippen LogP contribution in [-0.2, 0) is 4.74 Å². The number of carbonyl (C=O) groups is 1. The Morgan fingerprint density at radius 2 is 2.06 bits per heavy atom. The summed E-state index contributed by atoms with van der Waals surface area (Å²) in [6.07, 6.45) is 3.59. The summed E-state index contributed by atoms with van der Waals surface area (Å²) in [7, 11) is 0. The number of ether oxygens (including phenoxy) is 1. The zero-order valence-electron chi connectivity index (χ0n) is 10.3. The molecule has 1 aliphatic heterocycles. The normalized spacial score (nSPS) is 28.0. The number of halogens is 1. The third-order valence-corrected chi connectivity index (χ3v) is 4.89. The van der Waals surface area contributed by atoms with Crippen LogP contribution in [-0.4, -0.2) is 34.5 Å². The minimum Gasteiger partial charge on any atom is -0.444 e. The maximum absolute atomic E-state index is 11.8. The van der Waals surface area contributed by atoms with E-state index < -0.39 is 0 Å². The predicted molar refractivity (Wildman–Crippen MR) is 66.8 cm³/mol. The lowest BCUT2D eigenvalue weighted by Crippen LogP contribution is -2.61. The molecule has 0 N–H and O–H groups in total. The van der Waals surface area contributed by atoms with Gasteiger partial charge in [0.2, 0.25) is 0 Å². The Kier molecular flexibility index (Phi) is 2.97. The lowest BCUT2D eigenvalue weighted by atomic mass is 9.78. The van der Waals surface area contributed by atoms with Gasteiger partial charge in [0.25, 0.3) is 0 Å². The van der Waals surface area contributed by atoms with Crippen molar-refractivity contribution in [3.63, 3.8) is 0 Å². The molecule has 1 spiro atoms. The number of rotatable bonds is 0. The molecular weight excluding hydrogens is 270 g/mol. The molecule has 1 saturated carbocycles. The van der Waals surface area contributed by atoms with Crippen molar-refractivity contribution in [2.75, 3.05) is 13.1 Å². The summed E-state index contributed by atoms with van der Waals surface area (Å²) in [6.45, 7) is 7.44.